The van der Waals surface area contributed by atoms with Gasteiger partial charge in [-0.1, -0.05) is 35.4 Å². The van der Waals surface area contributed by atoms with Gasteiger partial charge in [-0.25, -0.2) is 19.9 Å². The minimum absolute atomic E-state index is 0.0308. The van der Waals surface area contributed by atoms with Gasteiger partial charge in [-0.3, -0.25) is 17.5 Å². The summed E-state index contributed by atoms with van der Waals surface area (Å²) in [5.74, 6) is 0.494. The van der Waals surface area contributed by atoms with Crippen LogP contribution in [0.3, 0.4) is 0 Å². The van der Waals surface area contributed by atoms with Gasteiger partial charge in [0, 0.05) is 18.8 Å². The summed E-state index contributed by atoms with van der Waals surface area (Å²) in [5, 5.41) is 0. The molecule has 1 aliphatic rings. The summed E-state index contributed by atoms with van der Waals surface area (Å²) in [6.45, 7) is 3.19. The van der Waals surface area contributed by atoms with E-state index in [4.69, 9.17) is 13.1 Å². The molecule has 0 N–H and O–H groups in total. The predicted molar refractivity (Wildman–Crippen MR) is 149 cm³/mol. The minimum atomic E-state index is -4.22. The van der Waals surface area contributed by atoms with Crippen LogP contribution in [-0.2, 0) is 33.3 Å². The van der Waals surface area contributed by atoms with Crippen LogP contribution >= 0.6 is 0 Å². The van der Waals surface area contributed by atoms with E-state index in [-0.39, 0.29) is 16.2 Å². The molecule has 0 bridgehead atoms. The number of benzene rings is 2. The van der Waals surface area contributed by atoms with Gasteiger partial charge in [-0.2, -0.15) is 16.8 Å². The number of aryl methyl sites for hydroxylation is 2. The van der Waals surface area contributed by atoms with Gasteiger partial charge in [0.25, 0.3) is 20.2 Å². The van der Waals surface area contributed by atoms with Crippen LogP contribution in [0, 0.1) is 13.8 Å². The normalized spacial score (nSPS) is 19.4. The standard InChI is InChI=1S/C27H26N6O7S2/c1-18-3-7-20(8-4-18)41(34,35)38-14-23-22(40-42(36,37)21-9-5-19(2)6-10-21)13-24(39-23)33-17-31-25-26(29-15-30-27(25)33)32-12-11-28-16-32/h3-12,15-17,22-24H,13-14H2,1-2H3/t22-,23+,24+/m0/s1. The fourth-order valence-corrected chi connectivity index (χ4v) is 6.63. The zero-order chi connectivity index (χ0) is 29.5. The van der Waals surface area contributed by atoms with Crippen molar-refractivity contribution in [3.05, 3.63) is 91.0 Å². The molecule has 1 aliphatic heterocycles. The van der Waals surface area contributed by atoms with E-state index in [1.54, 1.807) is 52.1 Å². The van der Waals surface area contributed by atoms with Crippen LogP contribution in [0.1, 0.15) is 23.8 Å². The van der Waals surface area contributed by atoms with E-state index in [0.717, 1.165) is 11.1 Å². The zero-order valence-electron chi connectivity index (χ0n) is 22.5. The summed E-state index contributed by atoms with van der Waals surface area (Å²) in [6.07, 6.45) is 4.87. The Labute approximate surface area is 242 Å². The zero-order valence-corrected chi connectivity index (χ0v) is 24.1. The number of rotatable bonds is 9. The smallest absolute Gasteiger partial charge is 0.297 e. The third-order valence-corrected chi connectivity index (χ3v) is 9.48. The van der Waals surface area contributed by atoms with Gasteiger partial charge in [0.1, 0.15) is 31.1 Å². The monoisotopic (exact) mass is 610 g/mol. The van der Waals surface area contributed by atoms with Crippen molar-refractivity contribution in [1.82, 2.24) is 29.1 Å². The first kappa shape index (κ1) is 28.1. The van der Waals surface area contributed by atoms with Gasteiger partial charge in [0.15, 0.2) is 17.0 Å². The van der Waals surface area contributed by atoms with E-state index < -0.39 is 45.3 Å². The van der Waals surface area contributed by atoms with E-state index >= 15 is 0 Å². The molecule has 4 heterocycles. The summed E-state index contributed by atoms with van der Waals surface area (Å²) in [5.41, 5.74) is 2.66. The molecule has 1 saturated heterocycles. The topological polar surface area (TPSA) is 157 Å². The molecule has 15 heteroatoms. The minimum Gasteiger partial charge on any atom is -0.349 e. The van der Waals surface area contributed by atoms with E-state index in [2.05, 4.69) is 19.9 Å². The molecule has 218 valence electrons. The van der Waals surface area contributed by atoms with Crippen LogP contribution in [-0.4, -0.2) is 64.7 Å². The van der Waals surface area contributed by atoms with Gasteiger partial charge >= 0.3 is 0 Å². The molecule has 42 heavy (non-hydrogen) atoms. The number of nitrogens with zero attached hydrogens (tertiary/aromatic N) is 6. The Hall–Kier alpha value is -4.02. The Morgan fingerprint density at radius 3 is 2.19 bits per heavy atom. The molecular weight excluding hydrogens is 584 g/mol. The summed E-state index contributed by atoms with van der Waals surface area (Å²) < 4.78 is 72.7. The van der Waals surface area contributed by atoms with Gasteiger partial charge < -0.3 is 4.74 Å². The average molecular weight is 611 g/mol. The highest BCUT2D eigenvalue weighted by atomic mass is 32.2. The molecule has 2 aromatic carbocycles. The molecule has 0 saturated carbocycles. The maximum Gasteiger partial charge on any atom is 0.297 e. The number of aromatic nitrogens is 6. The highest BCUT2D eigenvalue weighted by Gasteiger charge is 2.42. The summed E-state index contributed by atoms with van der Waals surface area (Å²) in [7, 11) is -8.38. The summed E-state index contributed by atoms with van der Waals surface area (Å²) >= 11 is 0. The first-order valence-electron chi connectivity index (χ1n) is 12.9. The van der Waals surface area contributed by atoms with Gasteiger partial charge in [0.05, 0.1) is 22.7 Å². The first-order valence-corrected chi connectivity index (χ1v) is 15.7. The second kappa shape index (κ2) is 11.0. The molecule has 0 unspecified atom stereocenters. The molecule has 0 aliphatic carbocycles. The lowest BCUT2D eigenvalue weighted by atomic mass is 10.2. The number of hydrogen-bond donors (Lipinski definition) is 0. The van der Waals surface area contributed by atoms with Crippen LogP contribution in [0.2, 0.25) is 0 Å². The summed E-state index contributed by atoms with van der Waals surface area (Å²) in [6, 6.07) is 12.4. The Kier molecular flexibility index (Phi) is 7.36. The number of ether oxygens (including phenoxy) is 1. The molecule has 3 atom stereocenters. The quantitative estimate of drug-likeness (QED) is 0.226. The lowest BCUT2D eigenvalue weighted by Crippen LogP contribution is -2.32. The Bertz CT molecular complexity index is 1930. The molecule has 3 aromatic heterocycles. The third kappa shape index (κ3) is 5.56. The van der Waals surface area contributed by atoms with Gasteiger partial charge in [-0.15, -0.1) is 0 Å². The molecule has 6 rings (SSSR count). The maximum absolute atomic E-state index is 13.2. The third-order valence-electron chi connectivity index (χ3n) is 6.84. The Morgan fingerprint density at radius 1 is 0.881 bits per heavy atom. The fraction of sp³-hybridized carbons (Fsp3) is 0.259. The van der Waals surface area contributed by atoms with Crippen molar-refractivity contribution in [1.29, 1.82) is 0 Å². The molecule has 13 nitrogen and oxygen atoms in total. The molecule has 0 spiro atoms. The molecular formula is C27H26N6O7S2. The lowest BCUT2D eigenvalue weighted by molar-refractivity contribution is -0.0323. The SMILES string of the molecule is Cc1ccc(S(=O)(=O)OC[C@H]2O[C@@H](n3cnc4c(-n5ccnc5)ncnc43)C[C@@H]2OS(=O)(=O)c2ccc(C)cc2)cc1. The number of hydrogen-bond acceptors (Lipinski definition) is 11. The fourth-order valence-electron chi connectivity index (χ4n) is 4.60. The number of fused-ring (bicyclic) bond motifs is 1. The highest BCUT2D eigenvalue weighted by molar-refractivity contribution is 7.87. The molecule has 5 aromatic rings. The van der Waals surface area contributed by atoms with Crippen molar-refractivity contribution in [3.8, 4) is 5.82 Å². The first-order chi connectivity index (χ1) is 20.1. The van der Waals surface area contributed by atoms with Crippen molar-refractivity contribution in [2.75, 3.05) is 6.61 Å². The lowest BCUT2D eigenvalue weighted by Gasteiger charge is -2.18. The van der Waals surface area contributed by atoms with Gasteiger partial charge in [0.2, 0.25) is 0 Å². The average Bonchev–Trinajstić information content (AvgIpc) is 3.72. The Morgan fingerprint density at radius 2 is 1.55 bits per heavy atom. The van der Waals surface area contributed by atoms with Crippen molar-refractivity contribution in [3.63, 3.8) is 0 Å². The van der Waals surface area contributed by atoms with E-state index in [1.165, 1.54) is 36.9 Å². The van der Waals surface area contributed by atoms with E-state index in [0.29, 0.717) is 17.0 Å². The second-order valence-electron chi connectivity index (χ2n) is 9.81. The van der Waals surface area contributed by atoms with Crippen molar-refractivity contribution in [2.45, 2.75) is 48.5 Å². The largest absolute Gasteiger partial charge is 0.349 e. The second-order valence-corrected chi connectivity index (χ2v) is 13.0. The maximum atomic E-state index is 13.2. The van der Waals surface area contributed by atoms with Crippen molar-refractivity contribution < 1.29 is 29.9 Å². The van der Waals surface area contributed by atoms with Crippen molar-refractivity contribution >= 4 is 31.4 Å². The molecule has 1 fully saturated rings. The van der Waals surface area contributed by atoms with Gasteiger partial charge in [-0.05, 0) is 38.1 Å². The van der Waals surface area contributed by atoms with Crippen LogP contribution in [0.25, 0.3) is 17.0 Å². The van der Waals surface area contributed by atoms with E-state index in [1.807, 2.05) is 13.8 Å². The predicted octanol–water partition coefficient (Wildman–Crippen LogP) is 3.10. The van der Waals surface area contributed by atoms with Crippen LogP contribution in [0.15, 0.2) is 89.7 Å². The number of imidazole rings is 2. The molecule has 0 radical (unpaired) electrons. The van der Waals surface area contributed by atoms with Crippen LogP contribution < -0.4 is 0 Å². The van der Waals surface area contributed by atoms with Crippen molar-refractivity contribution in [2.24, 2.45) is 0 Å². The van der Waals surface area contributed by atoms with Crippen LogP contribution in [0.5, 0.6) is 0 Å². The molecule has 0 amide bonds. The van der Waals surface area contributed by atoms with E-state index in [9.17, 15) is 16.8 Å². The van der Waals surface area contributed by atoms with Crippen LogP contribution in [0.4, 0.5) is 0 Å². The Balaban J connectivity index is 1.30. The highest BCUT2D eigenvalue weighted by Crippen LogP contribution is 2.35. The summed E-state index contributed by atoms with van der Waals surface area (Å²) in [4.78, 5) is 17.1.